The Bertz CT molecular complexity index is 704. The third-order valence-corrected chi connectivity index (χ3v) is 5.71. The molecule has 136 valence electrons. The van der Waals surface area contributed by atoms with Crippen molar-refractivity contribution in [2.45, 2.75) is 32.1 Å². The molecule has 4 rings (SSSR count). The Kier molecular flexibility index (Phi) is 5.97. The molecule has 0 radical (unpaired) electrons. The number of carbonyl (C=O) groups is 1. The largest absolute Gasteiger partial charge is 0.356 e. The molecule has 2 aliphatic heterocycles. The zero-order chi connectivity index (χ0) is 16.4. The molecule has 1 aromatic heterocycles. The zero-order valence-electron chi connectivity index (χ0n) is 14.4. The van der Waals surface area contributed by atoms with E-state index in [2.05, 4.69) is 10.5 Å². The molecule has 1 aromatic carbocycles. The predicted molar refractivity (Wildman–Crippen MR) is 99.9 cm³/mol. The van der Waals surface area contributed by atoms with Gasteiger partial charge < -0.3 is 14.7 Å². The lowest BCUT2D eigenvalue weighted by molar-refractivity contribution is -0.132. The van der Waals surface area contributed by atoms with Crippen molar-refractivity contribution in [3.63, 3.8) is 0 Å². The van der Waals surface area contributed by atoms with Crippen LogP contribution in [0.3, 0.4) is 0 Å². The number of amides is 1. The summed E-state index contributed by atoms with van der Waals surface area (Å²) in [4.78, 5) is 14.6. The summed E-state index contributed by atoms with van der Waals surface area (Å²) >= 11 is 0. The molecule has 0 atom stereocenters. The monoisotopic (exact) mass is 363 g/mol. The van der Waals surface area contributed by atoms with E-state index >= 15 is 0 Å². The maximum atomic E-state index is 12.6. The third kappa shape index (κ3) is 3.98. The van der Waals surface area contributed by atoms with Crippen LogP contribution < -0.4 is 5.32 Å². The number of benzene rings is 1. The van der Waals surface area contributed by atoms with Gasteiger partial charge in [-0.1, -0.05) is 17.3 Å². The molecular formula is C19H26ClN3O2. The molecule has 0 unspecified atom stereocenters. The molecule has 0 spiro atoms. The first kappa shape index (κ1) is 18.2. The van der Waals surface area contributed by atoms with Gasteiger partial charge in [-0.05, 0) is 62.7 Å². The Hall–Kier alpha value is -1.59. The van der Waals surface area contributed by atoms with E-state index in [4.69, 9.17) is 4.52 Å². The molecule has 0 bridgehead atoms. The van der Waals surface area contributed by atoms with Crippen molar-refractivity contribution in [1.82, 2.24) is 15.4 Å². The highest BCUT2D eigenvalue weighted by Gasteiger charge is 2.29. The lowest BCUT2D eigenvalue weighted by Crippen LogP contribution is -2.42. The van der Waals surface area contributed by atoms with Crippen LogP contribution in [0.4, 0.5) is 0 Å². The fraction of sp³-hybridized carbons (Fsp3) is 0.579. The van der Waals surface area contributed by atoms with E-state index < -0.39 is 0 Å². The highest BCUT2D eigenvalue weighted by molar-refractivity contribution is 5.86. The van der Waals surface area contributed by atoms with Crippen molar-refractivity contribution in [2.75, 3.05) is 26.2 Å². The molecule has 6 heteroatoms. The van der Waals surface area contributed by atoms with Crippen LogP contribution in [0.2, 0.25) is 0 Å². The Morgan fingerprint density at radius 1 is 1.12 bits per heavy atom. The van der Waals surface area contributed by atoms with Gasteiger partial charge in [0.2, 0.25) is 5.91 Å². The fourth-order valence-electron chi connectivity index (χ4n) is 4.26. The first-order valence-corrected chi connectivity index (χ1v) is 9.13. The summed E-state index contributed by atoms with van der Waals surface area (Å²) in [5.41, 5.74) is 1.51. The minimum absolute atomic E-state index is 0. The lowest BCUT2D eigenvalue weighted by atomic mass is 9.79. The fourth-order valence-corrected chi connectivity index (χ4v) is 4.26. The zero-order valence-corrected chi connectivity index (χ0v) is 15.3. The number of hydrogen-bond acceptors (Lipinski definition) is 4. The smallest absolute Gasteiger partial charge is 0.228 e. The Labute approximate surface area is 154 Å². The quantitative estimate of drug-likeness (QED) is 0.910. The van der Waals surface area contributed by atoms with Gasteiger partial charge in [-0.25, -0.2) is 0 Å². The number of likely N-dealkylation sites (tertiary alicyclic amines) is 1. The number of rotatable bonds is 3. The molecule has 2 aliphatic rings. The van der Waals surface area contributed by atoms with Gasteiger partial charge in [0.1, 0.15) is 5.69 Å². The van der Waals surface area contributed by atoms with Crippen molar-refractivity contribution in [1.29, 1.82) is 0 Å². The van der Waals surface area contributed by atoms with E-state index in [1.165, 1.54) is 12.8 Å². The lowest BCUT2D eigenvalue weighted by Gasteiger charge is -2.37. The van der Waals surface area contributed by atoms with Crippen LogP contribution in [-0.2, 0) is 11.2 Å². The number of carbonyl (C=O) groups excluding carboxylic acids is 1. The first-order valence-electron chi connectivity index (χ1n) is 9.13. The van der Waals surface area contributed by atoms with E-state index in [-0.39, 0.29) is 18.3 Å². The van der Waals surface area contributed by atoms with Crippen LogP contribution >= 0.6 is 12.4 Å². The van der Waals surface area contributed by atoms with Crippen LogP contribution in [0.5, 0.6) is 0 Å². The number of fused-ring (bicyclic) bond motifs is 1. The highest BCUT2D eigenvalue weighted by Crippen LogP contribution is 2.31. The number of para-hydroxylation sites is 1. The standard InChI is InChI=1S/C19H25N3O2.ClH/c23-19(13-17-16-3-1-2-4-18(16)24-21-17)22-11-7-15(8-12-22)14-5-9-20-10-6-14;/h1-4,14-15,20H,5-13H2;1H. The predicted octanol–water partition coefficient (Wildman–Crippen LogP) is 3.03. The molecule has 2 aromatic rings. The molecule has 1 amide bonds. The van der Waals surface area contributed by atoms with Gasteiger partial charge >= 0.3 is 0 Å². The van der Waals surface area contributed by atoms with Gasteiger partial charge in [-0.2, -0.15) is 0 Å². The van der Waals surface area contributed by atoms with E-state index in [9.17, 15) is 4.79 Å². The van der Waals surface area contributed by atoms with Crippen molar-refractivity contribution >= 4 is 29.3 Å². The summed E-state index contributed by atoms with van der Waals surface area (Å²) in [5, 5.41) is 8.48. The van der Waals surface area contributed by atoms with Gasteiger partial charge in [0, 0.05) is 18.5 Å². The van der Waals surface area contributed by atoms with E-state index in [1.54, 1.807) is 0 Å². The minimum Gasteiger partial charge on any atom is -0.356 e. The van der Waals surface area contributed by atoms with Crippen LogP contribution in [0, 0.1) is 11.8 Å². The first-order chi connectivity index (χ1) is 11.8. The number of nitrogens with zero attached hydrogens (tertiary/aromatic N) is 2. The normalized spacial score (nSPS) is 19.8. The molecule has 1 N–H and O–H groups in total. The summed E-state index contributed by atoms with van der Waals surface area (Å²) in [6, 6.07) is 7.74. The average Bonchev–Trinajstić information content (AvgIpc) is 3.06. The van der Waals surface area contributed by atoms with E-state index in [1.807, 2.05) is 29.2 Å². The number of aromatic nitrogens is 1. The second-order valence-corrected chi connectivity index (χ2v) is 7.11. The Morgan fingerprint density at radius 3 is 2.56 bits per heavy atom. The van der Waals surface area contributed by atoms with Crippen LogP contribution in [0.25, 0.3) is 11.0 Å². The molecule has 2 fully saturated rings. The third-order valence-electron chi connectivity index (χ3n) is 5.71. The summed E-state index contributed by atoms with van der Waals surface area (Å²) in [6.45, 7) is 4.10. The molecule has 0 saturated carbocycles. The number of hydrogen-bond donors (Lipinski definition) is 1. The van der Waals surface area contributed by atoms with Crippen molar-refractivity contribution in [3.05, 3.63) is 30.0 Å². The minimum atomic E-state index is 0. The second-order valence-electron chi connectivity index (χ2n) is 7.11. The van der Waals surface area contributed by atoms with Gasteiger partial charge in [0.15, 0.2) is 5.58 Å². The molecule has 3 heterocycles. The van der Waals surface area contributed by atoms with Crippen LogP contribution in [0.15, 0.2) is 28.8 Å². The number of piperidine rings is 2. The van der Waals surface area contributed by atoms with Crippen molar-refractivity contribution in [3.8, 4) is 0 Å². The SMILES string of the molecule is Cl.O=C(Cc1noc2ccccc12)N1CCC(C2CCNCC2)CC1. The van der Waals surface area contributed by atoms with E-state index in [0.717, 1.165) is 67.5 Å². The topological polar surface area (TPSA) is 58.4 Å². The van der Waals surface area contributed by atoms with Crippen molar-refractivity contribution in [2.24, 2.45) is 11.8 Å². The maximum absolute atomic E-state index is 12.6. The van der Waals surface area contributed by atoms with Crippen molar-refractivity contribution < 1.29 is 9.32 Å². The van der Waals surface area contributed by atoms with Crippen LogP contribution in [-0.4, -0.2) is 42.1 Å². The second kappa shape index (κ2) is 8.19. The molecule has 2 saturated heterocycles. The van der Waals surface area contributed by atoms with Gasteiger partial charge in [0.05, 0.1) is 6.42 Å². The summed E-state index contributed by atoms with van der Waals surface area (Å²) in [6.07, 6.45) is 5.23. The average molecular weight is 364 g/mol. The maximum Gasteiger partial charge on any atom is 0.228 e. The molecule has 5 nitrogen and oxygen atoms in total. The van der Waals surface area contributed by atoms with Gasteiger partial charge in [-0.3, -0.25) is 4.79 Å². The Balaban J connectivity index is 0.00000182. The Morgan fingerprint density at radius 2 is 1.80 bits per heavy atom. The number of nitrogens with one attached hydrogen (secondary N) is 1. The van der Waals surface area contributed by atoms with Crippen LogP contribution in [0.1, 0.15) is 31.4 Å². The molecule has 0 aliphatic carbocycles. The number of halogens is 1. The highest BCUT2D eigenvalue weighted by atomic mass is 35.5. The summed E-state index contributed by atoms with van der Waals surface area (Å²) < 4.78 is 5.31. The summed E-state index contributed by atoms with van der Waals surface area (Å²) in [5.74, 6) is 1.82. The van der Waals surface area contributed by atoms with Gasteiger partial charge in [0.25, 0.3) is 0 Å². The summed E-state index contributed by atoms with van der Waals surface area (Å²) in [7, 11) is 0. The van der Waals surface area contributed by atoms with E-state index in [0.29, 0.717) is 6.42 Å². The molecule has 25 heavy (non-hydrogen) atoms. The molecular weight excluding hydrogens is 338 g/mol. The van der Waals surface area contributed by atoms with Gasteiger partial charge in [-0.15, -0.1) is 12.4 Å².